The van der Waals surface area contributed by atoms with Crippen LogP contribution < -0.4 is 0 Å². The Bertz CT molecular complexity index is 522. The first kappa shape index (κ1) is 16.1. The van der Waals surface area contributed by atoms with E-state index in [0.29, 0.717) is 0 Å². The van der Waals surface area contributed by atoms with Crippen molar-refractivity contribution in [3.63, 3.8) is 0 Å². The molecule has 0 amide bonds. The second-order valence-electron chi connectivity index (χ2n) is 5.23. The molecule has 6 heteroatoms. The van der Waals surface area contributed by atoms with Crippen molar-refractivity contribution in [2.24, 2.45) is 5.16 Å². The van der Waals surface area contributed by atoms with Crippen molar-refractivity contribution in [2.45, 2.75) is 51.3 Å². The van der Waals surface area contributed by atoms with E-state index in [2.05, 4.69) is 5.16 Å². The summed E-state index contributed by atoms with van der Waals surface area (Å²) in [4.78, 5) is 5.38. The topological polar surface area (TPSA) is 21.6 Å². The maximum atomic E-state index is 13.0. The molecule has 0 atom stereocenters. The van der Waals surface area contributed by atoms with Crippen LogP contribution >= 0.6 is 11.6 Å². The number of benzene rings is 1. The van der Waals surface area contributed by atoms with Crippen molar-refractivity contribution in [1.29, 1.82) is 0 Å². The Morgan fingerprint density at radius 3 is 2.52 bits per heavy atom. The third kappa shape index (κ3) is 4.37. The van der Waals surface area contributed by atoms with Gasteiger partial charge in [-0.05, 0) is 50.8 Å². The van der Waals surface area contributed by atoms with Crippen LogP contribution in [0.1, 0.15) is 50.2 Å². The average Bonchev–Trinajstić information content (AvgIpc) is 2.44. The molecule has 0 saturated heterocycles. The molecule has 0 bridgehead atoms. The first-order chi connectivity index (χ1) is 9.88. The maximum absolute atomic E-state index is 13.0. The van der Waals surface area contributed by atoms with Crippen molar-refractivity contribution < 1.29 is 18.0 Å². The lowest BCUT2D eigenvalue weighted by Gasteiger charge is -2.20. The van der Waals surface area contributed by atoms with Crippen molar-refractivity contribution in [3.05, 3.63) is 34.3 Å². The Hall–Kier alpha value is -1.23. The molecule has 1 saturated carbocycles. The van der Waals surface area contributed by atoms with E-state index < -0.39 is 11.7 Å². The van der Waals surface area contributed by atoms with Gasteiger partial charge in [0.05, 0.1) is 11.3 Å². The van der Waals surface area contributed by atoms with Crippen molar-refractivity contribution in [1.82, 2.24) is 0 Å². The number of alkyl halides is 3. The minimum absolute atomic E-state index is 0.00206. The number of rotatable bonds is 3. The highest BCUT2D eigenvalue weighted by Gasteiger charge is 2.34. The van der Waals surface area contributed by atoms with E-state index >= 15 is 0 Å². The summed E-state index contributed by atoms with van der Waals surface area (Å²) in [6, 6.07) is 3.47. The zero-order valence-electron chi connectivity index (χ0n) is 11.7. The van der Waals surface area contributed by atoms with Crippen LogP contribution in [0.25, 0.3) is 0 Å². The molecule has 1 aliphatic carbocycles. The molecule has 0 radical (unpaired) electrons. The standard InChI is InChI=1S/C15H17ClF3NO/c1-10(20-21-12-5-3-2-4-6-12)13-9-11(16)7-8-14(13)15(17,18)19/h7-9,12H,2-6H2,1H3/b20-10+. The van der Waals surface area contributed by atoms with Crippen LogP contribution in [0.15, 0.2) is 23.4 Å². The summed E-state index contributed by atoms with van der Waals surface area (Å²) in [6.45, 7) is 1.50. The summed E-state index contributed by atoms with van der Waals surface area (Å²) in [6.07, 6.45) is 0.685. The SMILES string of the molecule is C/C(=N\OC1CCCCC1)c1cc(Cl)ccc1C(F)(F)F. The Labute approximate surface area is 126 Å². The summed E-state index contributed by atoms with van der Waals surface area (Å²) in [5.41, 5.74) is -0.596. The van der Waals surface area contributed by atoms with Crippen LogP contribution in [0.2, 0.25) is 5.02 Å². The van der Waals surface area contributed by atoms with Crippen LogP contribution in [0.4, 0.5) is 13.2 Å². The fraction of sp³-hybridized carbons (Fsp3) is 0.533. The second-order valence-corrected chi connectivity index (χ2v) is 5.67. The van der Waals surface area contributed by atoms with E-state index in [1.54, 1.807) is 0 Å². The molecule has 1 fully saturated rings. The van der Waals surface area contributed by atoms with Gasteiger partial charge in [0.2, 0.25) is 0 Å². The molecule has 0 aliphatic heterocycles. The fourth-order valence-electron chi connectivity index (χ4n) is 2.44. The van der Waals surface area contributed by atoms with Crippen LogP contribution in [0, 0.1) is 0 Å². The molecular weight excluding hydrogens is 303 g/mol. The van der Waals surface area contributed by atoms with E-state index in [-0.39, 0.29) is 22.4 Å². The quantitative estimate of drug-likeness (QED) is 0.537. The zero-order chi connectivity index (χ0) is 15.5. The summed E-state index contributed by atoms with van der Waals surface area (Å²) in [5, 5.41) is 4.13. The Morgan fingerprint density at radius 2 is 1.90 bits per heavy atom. The molecule has 0 heterocycles. The monoisotopic (exact) mass is 319 g/mol. The van der Waals surface area contributed by atoms with E-state index in [1.807, 2.05) is 0 Å². The average molecular weight is 320 g/mol. The zero-order valence-corrected chi connectivity index (χ0v) is 12.5. The predicted octanol–water partition coefficient (Wildman–Crippen LogP) is 5.43. The molecule has 1 aromatic rings. The maximum Gasteiger partial charge on any atom is 0.417 e. The predicted molar refractivity (Wildman–Crippen MR) is 76.6 cm³/mol. The molecular formula is C15H17ClF3NO. The van der Waals surface area contributed by atoms with Gasteiger partial charge in [-0.15, -0.1) is 0 Å². The van der Waals surface area contributed by atoms with Crippen molar-refractivity contribution in [2.75, 3.05) is 0 Å². The van der Waals surface area contributed by atoms with Crippen LogP contribution in [-0.2, 0) is 11.0 Å². The summed E-state index contributed by atoms with van der Waals surface area (Å²) in [7, 11) is 0. The normalized spacial score (nSPS) is 17.9. The van der Waals surface area contributed by atoms with Crippen molar-refractivity contribution >= 4 is 17.3 Å². The van der Waals surface area contributed by atoms with Gasteiger partial charge < -0.3 is 4.84 Å². The summed E-state index contributed by atoms with van der Waals surface area (Å²) < 4.78 is 39.0. The van der Waals surface area contributed by atoms with Gasteiger partial charge in [-0.1, -0.05) is 23.2 Å². The molecule has 116 valence electrons. The number of hydrogen-bond acceptors (Lipinski definition) is 2. The Kier molecular flexibility index (Phi) is 5.14. The van der Waals surface area contributed by atoms with Crippen LogP contribution in [0.3, 0.4) is 0 Å². The van der Waals surface area contributed by atoms with Gasteiger partial charge in [-0.2, -0.15) is 13.2 Å². The first-order valence-corrected chi connectivity index (χ1v) is 7.33. The highest BCUT2D eigenvalue weighted by atomic mass is 35.5. The highest BCUT2D eigenvalue weighted by molar-refractivity contribution is 6.31. The van der Waals surface area contributed by atoms with E-state index in [0.717, 1.165) is 31.7 Å². The second kappa shape index (κ2) is 6.69. The molecule has 0 unspecified atom stereocenters. The van der Waals surface area contributed by atoms with E-state index in [1.165, 1.54) is 25.5 Å². The Balaban J connectivity index is 2.20. The first-order valence-electron chi connectivity index (χ1n) is 6.95. The third-order valence-corrected chi connectivity index (χ3v) is 3.80. The minimum Gasteiger partial charge on any atom is -0.392 e. The fourth-order valence-corrected chi connectivity index (χ4v) is 2.61. The molecule has 1 aromatic carbocycles. The Morgan fingerprint density at radius 1 is 1.24 bits per heavy atom. The lowest BCUT2D eigenvalue weighted by atomic mass is 9.98. The van der Waals surface area contributed by atoms with Crippen molar-refractivity contribution in [3.8, 4) is 0 Å². The minimum atomic E-state index is -4.44. The molecule has 0 N–H and O–H groups in total. The molecule has 0 aromatic heterocycles. The van der Waals surface area contributed by atoms with Gasteiger partial charge in [0.1, 0.15) is 6.10 Å². The summed E-state index contributed by atoms with van der Waals surface area (Å²) >= 11 is 5.80. The van der Waals surface area contributed by atoms with Gasteiger partial charge in [-0.3, -0.25) is 0 Å². The van der Waals surface area contributed by atoms with Gasteiger partial charge >= 0.3 is 6.18 Å². The van der Waals surface area contributed by atoms with Crippen LogP contribution in [-0.4, -0.2) is 11.8 Å². The van der Waals surface area contributed by atoms with Gasteiger partial charge in [0.15, 0.2) is 0 Å². The van der Waals surface area contributed by atoms with E-state index in [9.17, 15) is 13.2 Å². The van der Waals surface area contributed by atoms with Gasteiger partial charge in [-0.25, -0.2) is 0 Å². The van der Waals surface area contributed by atoms with Crippen LogP contribution in [0.5, 0.6) is 0 Å². The third-order valence-electron chi connectivity index (χ3n) is 3.57. The lowest BCUT2D eigenvalue weighted by molar-refractivity contribution is -0.137. The molecule has 2 nitrogen and oxygen atoms in total. The molecule has 0 spiro atoms. The number of nitrogens with zero attached hydrogens (tertiary/aromatic N) is 1. The number of oxime groups is 1. The molecule has 2 rings (SSSR count). The lowest BCUT2D eigenvalue weighted by Crippen LogP contribution is -2.16. The largest absolute Gasteiger partial charge is 0.417 e. The highest BCUT2D eigenvalue weighted by Crippen LogP contribution is 2.33. The van der Waals surface area contributed by atoms with Gasteiger partial charge in [0, 0.05) is 10.6 Å². The molecule has 21 heavy (non-hydrogen) atoms. The van der Waals surface area contributed by atoms with Gasteiger partial charge in [0.25, 0.3) is 0 Å². The number of halogens is 4. The smallest absolute Gasteiger partial charge is 0.392 e. The molecule has 1 aliphatic rings. The summed E-state index contributed by atoms with van der Waals surface area (Å²) in [5.74, 6) is 0. The van der Waals surface area contributed by atoms with E-state index in [4.69, 9.17) is 16.4 Å². The number of hydrogen-bond donors (Lipinski definition) is 0.